The van der Waals surface area contributed by atoms with Crippen LogP contribution in [0.3, 0.4) is 0 Å². The Balaban J connectivity index is 2.10. The topological polar surface area (TPSA) is 101 Å². The van der Waals surface area contributed by atoms with Gasteiger partial charge in [-0.2, -0.15) is 0 Å². The summed E-state index contributed by atoms with van der Waals surface area (Å²) in [5.74, 6) is -0.369. The van der Waals surface area contributed by atoms with E-state index in [1.54, 1.807) is 6.92 Å². The van der Waals surface area contributed by atoms with Gasteiger partial charge in [0.25, 0.3) is 5.91 Å². The van der Waals surface area contributed by atoms with Gasteiger partial charge in [0.2, 0.25) is 0 Å². The molecule has 0 saturated carbocycles. The monoisotopic (exact) mass is 313 g/mol. The van der Waals surface area contributed by atoms with Crippen molar-refractivity contribution in [3.8, 4) is 11.3 Å². The number of H-pyrrole nitrogens is 2. The lowest BCUT2D eigenvalue weighted by Crippen LogP contribution is -2.35. The molecule has 1 amide bonds. The summed E-state index contributed by atoms with van der Waals surface area (Å²) in [5.41, 5.74) is 1.88. The number of hydrogen-bond acceptors (Lipinski definition) is 3. The highest BCUT2D eigenvalue weighted by molar-refractivity contribution is 5.99. The molecule has 0 saturated heterocycles. The number of nitrogens with zero attached hydrogens (tertiary/aromatic N) is 1. The second-order valence-corrected chi connectivity index (χ2v) is 5.32. The summed E-state index contributed by atoms with van der Waals surface area (Å²) in [6.45, 7) is 1.53. The van der Waals surface area contributed by atoms with E-state index in [9.17, 15) is 9.59 Å². The molecule has 4 N–H and O–H groups in total. The molecule has 118 valence electrons. The van der Waals surface area contributed by atoms with Gasteiger partial charge in [-0.15, -0.1) is 0 Å². The van der Waals surface area contributed by atoms with Gasteiger partial charge >= 0.3 is 11.2 Å². The Bertz CT molecular complexity index is 899. The minimum atomic E-state index is -0.374. The molecule has 23 heavy (non-hydrogen) atoms. The van der Waals surface area contributed by atoms with Crippen LogP contribution in [0.1, 0.15) is 17.3 Å². The molecule has 0 unspecified atom stereocenters. The molecular formula is C16H17N4O3+. The smallest absolute Gasteiger partial charge is 0.361 e. The first kappa shape index (κ1) is 15.0. The van der Waals surface area contributed by atoms with E-state index in [2.05, 4.69) is 15.4 Å². The Hall–Kier alpha value is -2.93. The van der Waals surface area contributed by atoms with Crippen molar-refractivity contribution in [3.05, 3.63) is 58.5 Å². The molecule has 7 nitrogen and oxygen atoms in total. The van der Waals surface area contributed by atoms with Crippen molar-refractivity contribution in [3.63, 3.8) is 0 Å². The lowest BCUT2D eigenvalue weighted by atomic mass is 10.1. The molecule has 3 rings (SSSR count). The van der Waals surface area contributed by atoms with Gasteiger partial charge in [-0.05, 0) is 6.92 Å². The van der Waals surface area contributed by atoms with Crippen molar-refractivity contribution in [1.82, 2.24) is 14.9 Å². The average molecular weight is 313 g/mol. The fourth-order valence-electron chi connectivity index (χ4n) is 2.32. The number of hydrogen-bond donors (Lipinski definition) is 3. The fraction of sp³-hybridized carbons (Fsp3) is 0.188. The number of rotatable bonds is 4. The quantitative estimate of drug-likeness (QED) is 0.642. The van der Waals surface area contributed by atoms with E-state index in [0.29, 0.717) is 16.9 Å². The summed E-state index contributed by atoms with van der Waals surface area (Å²) in [7, 11) is 0. The summed E-state index contributed by atoms with van der Waals surface area (Å²) in [5, 5.41) is 14.5. The van der Waals surface area contributed by atoms with Gasteiger partial charge in [0.15, 0.2) is 5.56 Å². The lowest BCUT2D eigenvalue weighted by Gasteiger charge is -2.08. The molecule has 7 heteroatoms. The summed E-state index contributed by atoms with van der Waals surface area (Å²) < 4.78 is 1.27. The molecule has 2 heterocycles. The standard InChI is InChI=1S/C16H16N4O3/c1-10(9-21)18-16(23)12-8-17-20-14(22)7-13(19-15(12)20)11-5-3-2-4-6-11/h2-8,10,17,21H,9H2,1H3,(H,18,23)/p+1/t10-/m0/s1. The van der Waals surface area contributed by atoms with E-state index in [-0.39, 0.29) is 24.1 Å². The van der Waals surface area contributed by atoms with Gasteiger partial charge < -0.3 is 10.4 Å². The van der Waals surface area contributed by atoms with Gasteiger partial charge in [0.05, 0.1) is 18.9 Å². The summed E-state index contributed by atoms with van der Waals surface area (Å²) >= 11 is 0. The molecule has 0 spiro atoms. The maximum Gasteiger partial charge on any atom is 0.361 e. The Morgan fingerprint density at radius 2 is 2.13 bits per heavy atom. The molecule has 1 atom stereocenters. The normalized spacial score (nSPS) is 12.3. The largest absolute Gasteiger partial charge is 0.394 e. The molecule has 0 aliphatic heterocycles. The van der Waals surface area contributed by atoms with E-state index in [1.807, 2.05) is 30.3 Å². The van der Waals surface area contributed by atoms with Crippen LogP contribution in [-0.2, 0) is 0 Å². The van der Waals surface area contributed by atoms with E-state index >= 15 is 0 Å². The van der Waals surface area contributed by atoms with Crippen LogP contribution < -0.4 is 15.9 Å². The Kier molecular flexibility index (Phi) is 3.94. The maximum absolute atomic E-state index is 12.3. The minimum absolute atomic E-state index is 0.160. The van der Waals surface area contributed by atoms with Gasteiger partial charge in [-0.1, -0.05) is 34.8 Å². The highest BCUT2D eigenvalue weighted by atomic mass is 16.3. The van der Waals surface area contributed by atoms with E-state index in [4.69, 9.17) is 5.11 Å². The number of aliphatic hydroxyl groups excluding tert-OH is 1. The summed E-state index contributed by atoms with van der Waals surface area (Å²) in [6, 6.07) is 10.5. The molecule has 0 fully saturated rings. The first-order chi connectivity index (χ1) is 11.1. The average Bonchev–Trinajstić information content (AvgIpc) is 3.00. The Morgan fingerprint density at radius 1 is 1.39 bits per heavy atom. The molecular weight excluding hydrogens is 296 g/mol. The number of fused-ring (bicyclic) bond motifs is 1. The fourth-order valence-corrected chi connectivity index (χ4v) is 2.32. The van der Waals surface area contributed by atoms with Crippen molar-refractivity contribution in [2.24, 2.45) is 0 Å². The number of carbonyl (C=O) groups excluding carboxylic acids is 1. The molecule has 0 aliphatic rings. The van der Waals surface area contributed by atoms with Gasteiger partial charge in [-0.3, -0.25) is 4.79 Å². The Labute approximate surface area is 131 Å². The van der Waals surface area contributed by atoms with Crippen molar-refractivity contribution in [2.75, 3.05) is 6.61 Å². The highest BCUT2D eigenvalue weighted by Crippen LogP contribution is 2.13. The third-order valence-electron chi connectivity index (χ3n) is 3.54. The van der Waals surface area contributed by atoms with Crippen molar-refractivity contribution in [2.45, 2.75) is 13.0 Å². The molecule has 0 bridgehead atoms. The third-order valence-corrected chi connectivity index (χ3v) is 3.54. The molecule has 0 radical (unpaired) electrons. The number of nitrogens with one attached hydrogen (secondary N) is 3. The second-order valence-electron chi connectivity index (χ2n) is 5.32. The third kappa shape index (κ3) is 2.86. The van der Waals surface area contributed by atoms with Crippen LogP contribution in [0.2, 0.25) is 0 Å². The Morgan fingerprint density at radius 3 is 2.83 bits per heavy atom. The van der Waals surface area contributed by atoms with Crippen LogP contribution in [-0.4, -0.2) is 33.3 Å². The second kappa shape index (κ2) is 6.05. The first-order valence-electron chi connectivity index (χ1n) is 7.23. The number of aromatic nitrogens is 3. The zero-order chi connectivity index (χ0) is 16.4. The molecule has 1 aromatic carbocycles. The van der Waals surface area contributed by atoms with Crippen molar-refractivity contribution >= 4 is 11.6 Å². The zero-order valence-corrected chi connectivity index (χ0v) is 12.5. The van der Waals surface area contributed by atoms with E-state index < -0.39 is 0 Å². The highest BCUT2D eigenvalue weighted by Gasteiger charge is 2.22. The SMILES string of the molecule is C[C@@H](CO)NC(=O)c1c[nH]n2c(=O)cc(-c3ccccc3)[nH+]c12. The number of amides is 1. The molecule has 2 aromatic heterocycles. The summed E-state index contributed by atoms with van der Waals surface area (Å²) in [4.78, 5) is 27.6. The zero-order valence-electron chi connectivity index (χ0n) is 12.5. The van der Waals surface area contributed by atoms with Crippen molar-refractivity contribution in [1.29, 1.82) is 0 Å². The van der Waals surface area contributed by atoms with Gasteiger partial charge in [0, 0.05) is 11.6 Å². The molecule has 3 aromatic rings. The number of benzene rings is 1. The maximum atomic E-state index is 12.3. The van der Waals surface area contributed by atoms with Gasteiger partial charge in [0.1, 0.15) is 5.69 Å². The number of carbonyl (C=O) groups is 1. The van der Waals surface area contributed by atoms with Gasteiger partial charge in [-0.25, -0.2) is 14.9 Å². The van der Waals surface area contributed by atoms with Crippen LogP contribution >= 0.6 is 0 Å². The van der Waals surface area contributed by atoms with Crippen LogP contribution in [0.5, 0.6) is 0 Å². The van der Waals surface area contributed by atoms with Crippen molar-refractivity contribution < 1.29 is 14.9 Å². The predicted molar refractivity (Wildman–Crippen MR) is 84.0 cm³/mol. The first-order valence-corrected chi connectivity index (χ1v) is 7.23. The molecule has 0 aliphatic carbocycles. The van der Waals surface area contributed by atoms with Crippen LogP contribution in [0.15, 0.2) is 47.4 Å². The minimum Gasteiger partial charge on any atom is -0.394 e. The number of aromatic amines is 2. The van der Waals surface area contributed by atoms with E-state index in [0.717, 1.165) is 5.56 Å². The predicted octanol–water partition coefficient (Wildman–Crippen LogP) is 0.219. The lowest BCUT2D eigenvalue weighted by molar-refractivity contribution is -0.337. The number of aliphatic hydroxyl groups is 1. The van der Waals surface area contributed by atoms with Crippen LogP contribution in [0.25, 0.3) is 16.9 Å². The van der Waals surface area contributed by atoms with E-state index in [1.165, 1.54) is 16.8 Å². The van der Waals surface area contributed by atoms with Crippen LogP contribution in [0, 0.1) is 0 Å². The summed E-state index contributed by atoms with van der Waals surface area (Å²) in [6.07, 6.45) is 1.46. The van der Waals surface area contributed by atoms with Crippen LogP contribution in [0.4, 0.5) is 0 Å².